The normalized spacial score (nSPS) is 11.9. The minimum atomic E-state index is -0.526. The predicted molar refractivity (Wildman–Crippen MR) is 67.3 cm³/mol. The second-order valence-corrected chi connectivity index (χ2v) is 3.95. The third-order valence-corrected chi connectivity index (χ3v) is 2.69. The van der Waals surface area contributed by atoms with Gasteiger partial charge in [-0.3, -0.25) is 4.79 Å². The van der Waals surface area contributed by atoms with Crippen molar-refractivity contribution in [3.63, 3.8) is 0 Å². The molecule has 0 N–H and O–H groups in total. The van der Waals surface area contributed by atoms with E-state index in [0.717, 1.165) is 5.56 Å². The number of hydrogen-bond donors (Lipinski definition) is 0. The van der Waals surface area contributed by atoms with E-state index in [1.165, 1.54) is 18.2 Å². The van der Waals surface area contributed by atoms with Gasteiger partial charge in [0.2, 0.25) is 0 Å². The molecule has 0 aliphatic rings. The van der Waals surface area contributed by atoms with Gasteiger partial charge in [-0.1, -0.05) is 36.4 Å². The van der Waals surface area contributed by atoms with Gasteiger partial charge in [-0.25, -0.2) is 4.39 Å². The Morgan fingerprint density at radius 2 is 1.83 bits per heavy atom. The molecule has 2 rings (SSSR count). The van der Waals surface area contributed by atoms with Crippen molar-refractivity contribution in [1.29, 1.82) is 0 Å². The Labute approximate surface area is 105 Å². The maximum absolute atomic E-state index is 13.6. The molecule has 0 heterocycles. The molecule has 18 heavy (non-hydrogen) atoms. The van der Waals surface area contributed by atoms with Crippen molar-refractivity contribution in [1.82, 2.24) is 0 Å². The predicted octanol–water partition coefficient (Wildman–Crippen LogP) is 3.78. The Bertz CT molecular complexity index is 537. The van der Waals surface area contributed by atoms with E-state index < -0.39 is 5.82 Å². The number of hydrogen-bond acceptors (Lipinski definition) is 2. The summed E-state index contributed by atoms with van der Waals surface area (Å²) in [6.45, 7) is 1.82. The van der Waals surface area contributed by atoms with E-state index in [4.69, 9.17) is 4.74 Å². The van der Waals surface area contributed by atoms with Crippen molar-refractivity contribution in [3.8, 4) is 5.75 Å². The molecule has 2 aromatic carbocycles. The maximum Gasteiger partial charge on any atom is 0.166 e. The number of carbonyl (C=O) groups excluding carboxylic acids is 1. The second kappa shape index (κ2) is 5.45. The Morgan fingerprint density at radius 1 is 1.11 bits per heavy atom. The van der Waals surface area contributed by atoms with Crippen LogP contribution in [0.25, 0.3) is 0 Å². The van der Waals surface area contributed by atoms with Gasteiger partial charge < -0.3 is 4.74 Å². The fourth-order valence-electron chi connectivity index (χ4n) is 1.71. The molecule has 0 spiro atoms. The molecular formula is C15H13FO2. The lowest BCUT2D eigenvalue weighted by molar-refractivity contribution is 0.111. The number of benzene rings is 2. The van der Waals surface area contributed by atoms with Crippen molar-refractivity contribution < 1.29 is 13.9 Å². The molecule has 92 valence electrons. The minimum Gasteiger partial charge on any atom is -0.482 e. The van der Waals surface area contributed by atoms with Crippen LogP contribution < -0.4 is 4.74 Å². The highest BCUT2D eigenvalue weighted by Gasteiger charge is 2.13. The molecule has 0 aromatic heterocycles. The Morgan fingerprint density at radius 3 is 2.50 bits per heavy atom. The molecule has 0 fully saturated rings. The van der Waals surface area contributed by atoms with Crippen LogP contribution in [-0.4, -0.2) is 6.29 Å². The van der Waals surface area contributed by atoms with E-state index in [-0.39, 0.29) is 17.4 Å². The Balaban J connectivity index is 2.27. The van der Waals surface area contributed by atoms with Crippen LogP contribution in [0.3, 0.4) is 0 Å². The molecule has 2 aromatic rings. The van der Waals surface area contributed by atoms with Gasteiger partial charge in [-0.05, 0) is 24.6 Å². The minimum absolute atomic E-state index is 0.00357. The van der Waals surface area contributed by atoms with E-state index in [1.807, 2.05) is 37.3 Å². The lowest BCUT2D eigenvalue weighted by atomic mass is 10.1. The fraction of sp³-hybridized carbons (Fsp3) is 0.133. The average Bonchev–Trinajstić information content (AvgIpc) is 2.42. The summed E-state index contributed by atoms with van der Waals surface area (Å²) in [6.07, 6.45) is 0.276. The topological polar surface area (TPSA) is 26.3 Å². The number of aldehydes is 1. The quantitative estimate of drug-likeness (QED) is 0.765. The summed E-state index contributed by atoms with van der Waals surface area (Å²) in [5, 5.41) is 0. The van der Waals surface area contributed by atoms with Gasteiger partial charge >= 0.3 is 0 Å². The zero-order chi connectivity index (χ0) is 13.0. The Kier molecular flexibility index (Phi) is 3.72. The largest absolute Gasteiger partial charge is 0.482 e. The molecule has 0 saturated heterocycles. The molecule has 0 aliphatic heterocycles. The number of halogens is 1. The summed E-state index contributed by atoms with van der Waals surface area (Å²) in [4.78, 5) is 10.9. The van der Waals surface area contributed by atoms with Crippen LogP contribution in [0.15, 0.2) is 48.5 Å². The van der Waals surface area contributed by atoms with Crippen LogP contribution in [0.4, 0.5) is 4.39 Å². The van der Waals surface area contributed by atoms with Gasteiger partial charge in [-0.15, -0.1) is 0 Å². The molecule has 1 atom stereocenters. The van der Waals surface area contributed by atoms with Crippen molar-refractivity contribution in [2.75, 3.05) is 0 Å². The zero-order valence-corrected chi connectivity index (χ0v) is 9.97. The van der Waals surface area contributed by atoms with Crippen molar-refractivity contribution in [3.05, 3.63) is 65.5 Å². The van der Waals surface area contributed by atoms with E-state index >= 15 is 0 Å². The summed E-state index contributed by atoms with van der Waals surface area (Å²) in [5.74, 6) is -0.522. The summed E-state index contributed by atoms with van der Waals surface area (Å²) >= 11 is 0. The highest BCUT2D eigenvalue weighted by molar-refractivity contribution is 5.79. The third-order valence-electron chi connectivity index (χ3n) is 2.69. The van der Waals surface area contributed by atoms with Crippen LogP contribution in [0.2, 0.25) is 0 Å². The van der Waals surface area contributed by atoms with Crippen LogP contribution in [0.1, 0.15) is 28.9 Å². The number of ether oxygens (including phenoxy) is 1. The van der Waals surface area contributed by atoms with Gasteiger partial charge in [0, 0.05) is 0 Å². The number of para-hydroxylation sites is 1. The molecule has 2 nitrogen and oxygen atoms in total. The second-order valence-electron chi connectivity index (χ2n) is 3.95. The first-order valence-corrected chi connectivity index (χ1v) is 5.67. The monoisotopic (exact) mass is 244 g/mol. The Hall–Kier alpha value is -2.16. The third kappa shape index (κ3) is 2.56. The summed E-state index contributed by atoms with van der Waals surface area (Å²) in [6, 6.07) is 13.8. The SMILES string of the molecule is CC(Oc1c(F)cccc1C=O)c1ccccc1. The molecule has 0 saturated carbocycles. The van der Waals surface area contributed by atoms with E-state index in [0.29, 0.717) is 6.29 Å². The van der Waals surface area contributed by atoms with E-state index in [9.17, 15) is 9.18 Å². The van der Waals surface area contributed by atoms with Gasteiger partial charge in [0.1, 0.15) is 6.10 Å². The first-order valence-electron chi connectivity index (χ1n) is 5.67. The van der Waals surface area contributed by atoms with E-state index in [1.54, 1.807) is 0 Å². The van der Waals surface area contributed by atoms with Crippen LogP contribution in [-0.2, 0) is 0 Å². The highest BCUT2D eigenvalue weighted by Crippen LogP contribution is 2.27. The van der Waals surface area contributed by atoms with Gasteiger partial charge in [-0.2, -0.15) is 0 Å². The smallest absolute Gasteiger partial charge is 0.166 e. The van der Waals surface area contributed by atoms with Crippen LogP contribution in [0.5, 0.6) is 5.75 Å². The summed E-state index contributed by atoms with van der Waals surface area (Å²) in [5.41, 5.74) is 1.15. The van der Waals surface area contributed by atoms with Gasteiger partial charge in [0.15, 0.2) is 17.9 Å². The molecule has 0 radical (unpaired) electrons. The molecular weight excluding hydrogens is 231 g/mol. The molecule has 3 heteroatoms. The van der Waals surface area contributed by atoms with Crippen LogP contribution >= 0.6 is 0 Å². The fourth-order valence-corrected chi connectivity index (χ4v) is 1.71. The number of carbonyl (C=O) groups is 1. The van der Waals surface area contributed by atoms with Gasteiger partial charge in [0.25, 0.3) is 0 Å². The first-order chi connectivity index (χ1) is 8.72. The maximum atomic E-state index is 13.6. The van der Waals surface area contributed by atoms with Gasteiger partial charge in [0.05, 0.1) is 5.56 Å². The first kappa shape index (κ1) is 12.3. The highest BCUT2D eigenvalue weighted by atomic mass is 19.1. The summed E-state index contributed by atoms with van der Waals surface area (Å²) < 4.78 is 19.2. The number of rotatable bonds is 4. The zero-order valence-electron chi connectivity index (χ0n) is 9.97. The van der Waals surface area contributed by atoms with Crippen molar-refractivity contribution in [2.24, 2.45) is 0 Å². The van der Waals surface area contributed by atoms with Crippen LogP contribution in [0, 0.1) is 5.82 Å². The standard InChI is InChI=1S/C15H13FO2/c1-11(12-6-3-2-4-7-12)18-15-13(10-17)8-5-9-14(15)16/h2-11H,1H3. The lowest BCUT2D eigenvalue weighted by Gasteiger charge is -2.16. The van der Waals surface area contributed by atoms with Crippen molar-refractivity contribution in [2.45, 2.75) is 13.0 Å². The lowest BCUT2D eigenvalue weighted by Crippen LogP contribution is -2.06. The van der Waals surface area contributed by atoms with Crippen molar-refractivity contribution >= 4 is 6.29 Å². The average molecular weight is 244 g/mol. The summed E-state index contributed by atoms with van der Waals surface area (Å²) in [7, 11) is 0. The van der Waals surface area contributed by atoms with E-state index in [2.05, 4.69) is 0 Å². The molecule has 0 amide bonds. The molecule has 0 bridgehead atoms. The molecule has 0 aliphatic carbocycles. The molecule has 1 unspecified atom stereocenters.